The number of hydrogen-bond acceptors (Lipinski definition) is 0. The van der Waals surface area contributed by atoms with Crippen molar-refractivity contribution >= 4 is 0 Å². The molecule has 100 valence electrons. The molecule has 19 heavy (non-hydrogen) atoms. The van der Waals surface area contributed by atoms with Crippen LogP contribution in [0.3, 0.4) is 0 Å². The molecule has 0 aliphatic carbocycles. The summed E-state index contributed by atoms with van der Waals surface area (Å²) in [7, 11) is 0. The molecule has 0 amide bonds. The summed E-state index contributed by atoms with van der Waals surface area (Å²) >= 11 is 0. The number of aryl methyl sites for hydroxylation is 2. The Balaban J connectivity index is 0.000000324. The maximum atomic E-state index is 2.20. The standard InChI is InChI=1S/2C9H12.Cr/c2*1-2-6-9-7-4-3-5-8-9;/h2*3-5,7-8H,2,6H2,1H3;/q;;+2. The number of rotatable bonds is 4. The quantitative estimate of drug-likeness (QED) is 0.719. The van der Waals surface area contributed by atoms with Gasteiger partial charge in [-0.2, -0.15) is 0 Å². The van der Waals surface area contributed by atoms with E-state index in [-0.39, 0.29) is 17.4 Å². The zero-order valence-electron chi connectivity index (χ0n) is 12.0. The Morgan fingerprint density at radius 1 is 0.579 bits per heavy atom. The molecule has 0 saturated carbocycles. The van der Waals surface area contributed by atoms with Gasteiger partial charge in [-0.25, -0.2) is 0 Å². The Morgan fingerprint density at radius 2 is 0.895 bits per heavy atom. The van der Waals surface area contributed by atoms with Crippen molar-refractivity contribution < 1.29 is 17.4 Å². The van der Waals surface area contributed by atoms with E-state index in [2.05, 4.69) is 74.5 Å². The minimum absolute atomic E-state index is 0. The van der Waals surface area contributed by atoms with Crippen molar-refractivity contribution in [3.63, 3.8) is 0 Å². The zero-order chi connectivity index (χ0) is 13.1. The van der Waals surface area contributed by atoms with Crippen LogP contribution in [0.2, 0.25) is 0 Å². The van der Waals surface area contributed by atoms with Gasteiger partial charge in [0.2, 0.25) is 0 Å². The van der Waals surface area contributed by atoms with Gasteiger partial charge in [0.25, 0.3) is 0 Å². The van der Waals surface area contributed by atoms with E-state index in [1.807, 2.05) is 0 Å². The first-order valence-electron chi connectivity index (χ1n) is 6.94. The molecule has 0 aliphatic rings. The van der Waals surface area contributed by atoms with E-state index in [1.165, 1.54) is 36.8 Å². The molecule has 1 heteroatoms. The third-order valence-corrected chi connectivity index (χ3v) is 2.76. The molecule has 0 bridgehead atoms. The fraction of sp³-hybridized carbons (Fsp3) is 0.333. The van der Waals surface area contributed by atoms with Crippen LogP contribution in [0.25, 0.3) is 0 Å². The van der Waals surface area contributed by atoms with Gasteiger partial charge in [0.15, 0.2) is 0 Å². The summed E-state index contributed by atoms with van der Waals surface area (Å²) in [6, 6.07) is 21.1. The largest absolute Gasteiger partial charge is 2.00 e. The third-order valence-electron chi connectivity index (χ3n) is 2.76. The van der Waals surface area contributed by atoms with Crippen LogP contribution < -0.4 is 0 Å². The predicted octanol–water partition coefficient (Wildman–Crippen LogP) is 5.28. The average Bonchev–Trinajstić information content (AvgIpc) is 2.43. The van der Waals surface area contributed by atoms with Crippen LogP contribution in [0, 0.1) is 0 Å². The SMILES string of the molecule is CCCc1ccccc1.CCCc1ccccc1.[Cr+2]. The van der Waals surface area contributed by atoms with E-state index in [4.69, 9.17) is 0 Å². The maximum Gasteiger partial charge on any atom is 2.00 e. The number of benzene rings is 2. The Labute approximate surface area is 129 Å². The summed E-state index contributed by atoms with van der Waals surface area (Å²) in [5.74, 6) is 0. The Bertz CT molecular complexity index is 353. The first-order chi connectivity index (χ1) is 8.86. The molecule has 0 heterocycles. The zero-order valence-corrected chi connectivity index (χ0v) is 13.3. The van der Waals surface area contributed by atoms with E-state index < -0.39 is 0 Å². The van der Waals surface area contributed by atoms with Gasteiger partial charge in [-0.1, -0.05) is 87.4 Å². The van der Waals surface area contributed by atoms with Crippen molar-refractivity contribution in [1.29, 1.82) is 0 Å². The maximum absolute atomic E-state index is 2.20. The van der Waals surface area contributed by atoms with E-state index in [9.17, 15) is 0 Å². The second-order valence-corrected chi connectivity index (χ2v) is 4.47. The van der Waals surface area contributed by atoms with E-state index in [0.29, 0.717) is 0 Å². The second-order valence-electron chi connectivity index (χ2n) is 4.47. The van der Waals surface area contributed by atoms with Crippen LogP contribution in [0.1, 0.15) is 37.8 Å². The number of hydrogen-bond donors (Lipinski definition) is 0. The van der Waals surface area contributed by atoms with Crippen molar-refractivity contribution in [3.8, 4) is 0 Å². The summed E-state index contributed by atoms with van der Waals surface area (Å²) in [6.07, 6.45) is 4.90. The topological polar surface area (TPSA) is 0 Å². The van der Waals surface area contributed by atoms with Crippen molar-refractivity contribution in [2.45, 2.75) is 39.5 Å². The molecule has 2 rings (SSSR count). The fourth-order valence-corrected chi connectivity index (χ4v) is 1.87. The van der Waals surface area contributed by atoms with Crippen LogP contribution in [0.5, 0.6) is 0 Å². The molecule has 0 saturated heterocycles. The minimum Gasteiger partial charge on any atom is -0.0651 e. The van der Waals surface area contributed by atoms with Crippen LogP contribution >= 0.6 is 0 Å². The minimum atomic E-state index is 0. The molecule has 0 atom stereocenters. The molecule has 0 fully saturated rings. The normalized spacial score (nSPS) is 8.95. The summed E-state index contributed by atoms with van der Waals surface area (Å²) in [5, 5.41) is 0. The summed E-state index contributed by atoms with van der Waals surface area (Å²) < 4.78 is 0. The van der Waals surface area contributed by atoms with Gasteiger partial charge in [0.05, 0.1) is 0 Å². The van der Waals surface area contributed by atoms with Gasteiger partial charge >= 0.3 is 17.4 Å². The molecule has 0 N–H and O–H groups in total. The van der Waals surface area contributed by atoms with Gasteiger partial charge < -0.3 is 0 Å². The van der Waals surface area contributed by atoms with Crippen molar-refractivity contribution in [3.05, 3.63) is 71.8 Å². The van der Waals surface area contributed by atoms with Gasteiger partial charge in [0, 0.05) is 0 Å². The van der Waals surface area contributed by atoms with Crippen molar-refractivity contribution in [1.82, 2.24) is 0 Å². The van der Waals surface area contributed by atoms with E-state index >= 15 is 0 Å². The van der Waals surface area contributed by atoms with Crippen LogP contribution in [-0.2, 0) is 30.2 Å². The molecule has 2 aromatic carbocycles. The first-order valence-corrected chi connectivity index (χ1v) is 6.94. The third kappa shape index (κ3) is 8.65. The van der Waals surface area contributed by atoms with Gasteiger partial charge in [-0.3, -0.25) is 0 Å². The Morgan fingerprint density at radius 3 is 1.16 bits per heavy atom. The molecule has 0 aliphatic heterocycles. The smallest absolute Gasteiger partial charge is 0.0651 e. The fourth-order valence-electron chi connectivity index (χ4n) is 1.87. The molecule has 2 aromatic rings. The van der Waals surface area contributed by atoms with Crippen LogP contribution in [-0.4, -0.2) is 0 Å². The van der Waals surface area contributed by atoms with Crippen molar-refractivity contribution in [2.24, 2.45) is 0 Å². The Hall–Kier alpha value is -1.03. The van der Waals surface area contributed by atoms with Crippen LogP contribution in [0.4, 0.5) is 0 Å². The molecule has 0 radical (unpaired) electrons. The monoisotopic (exact) mass is 292 g/mol. The van der Waals surface area contributed by atoms with Gasteiger partial charge in [-0.05, 0) is 24.0 Å². The molecular formula is C18H24Cr+2. The first kappa shape index (κ1) is 18.0. The second kappa shape index (κ2) is 12.0. The Kier molecular flexibility index (Phi) is 11.4. The van der Waals surface area contributed by atoms with E-state index in [1.54, 1.807) is 0 Å². The molecule has 0 aromatic heterocycles. The van der Waals surface area contributed by atoms with Crippen molar-refractivity contribution in [2.75, 3.05) is 0 Å². The molecule has 0 nitrogen and oxygen atoms in total. The predicted molar refractivity (Wildman–Crippen MR) is 80.9 cm³/mol. The van der Waals surface area contributed by atoms with E-state index in [0.717, 1.165) is 0 Å². The summed E-state index contributed by atoms with van der Waals surface area (Å²) in [4.78, 5) is 0. The van der Waals surface area contributed by atoms with Gasteiger partial charge in [0.1, 0.15) is 0 Å². The molecule has 0 spiro atoms. The molecule has 0 unspecified atom stereocenters. The molecular weight excluding hydrogens is 268 g/mol. The van der Waals surface area contributed by atoms with Crippen LogP contribution in [0.15, 0.2) is 60.7 Å². The van der Waals surface area contributed by atoms with Gasteiger partial charge in [-0.15, -0.1) is 0 Å². The summed E-state index contributed by atoms with van der Waals surface area (Å²) in [6.45, 7) is 4.40. The summed E-state index contributed by atoms with van der Waals surface area (Å²) in [5.41, 5.74) is 2.89. The average molecular weight is 292 g/mol.